The third kappa shape index (κ3) is 7.14. The molecule has 0 saturated carbocycles. The van der Waals surface area contributed by atoms with Crippen molar-refractivity contribution in [3.8, 4) is 11.5 Å². The van der Waals surface area contributed by atoms with Gasteiger partial charge in [-0.2, -0.15) is 0 Å². The van der Waals surface area contributed by atoms with E-state index in [0.29, 0.717) is 18.8 Å². The van der Waals surface area contributed by atoms with Crippen LogP contribution in [-0.4, -0.2) is 31.0 Å². The lowest BCUT2D eigenvalue weighted by molar-refractivity contribution is 0.373. The van der Waals surface area contributed by atoms with Gasteiger partial charge in [0.1, 0.15) is 0 Å². The summed E-state index contributed by atoms with van der Waals surface area (Å²) in [5.74, 6) is 1.34. The second kappa shape index (κ2) is 12.0. The Morgan fingerprint density at radius 3 is 2.59 bits per heavy atom. The van der Waals surface area contributed by atoms with Crippen LogP contribution in [0.4, 0.5) is 0 Å². The number of guanidine groups is 1. The molecule has 0 heterocycles. The molecule has 2 aromatic rings. The second-order valence-corrected chi connectivity index (χ2v) is 6.72. The molecule has 0 unspecified atom stereocenters. The van der Waals surface area contributed by atoms with Crippen molar-refractivity contribution in [3.63, 3.8) is 0 Å². The number of nitrogens with one attached hydrogen (secondary N) is 2. The number of benzene rings is 2. The Morgan fingerprint density at radius 1 is 1.19 bits per heavy atom. The summed E-state index contributed by atoms with van der Waals surface area (Å²) < 4.78 is 5.07. The van der Waals surface area contributed by atoms with Gasteiger partial charge in [0.05, 0.1) is 13.7 Å². The maximum Gasteiger partial charge on any atom is 0.191 e. The van der Waals surface area contributed by atoms with Crippen LogP contribution in [0.15, 0.2) is 46.3 Å². The summed E-state index contributed by atoms with van der Waals surface area (Å²) in [5.41, 5.74) is 3.43. The average molecular weight is 501 g/mol. The van der Waals surface area contributed by atoms with E-state index in [9.17, 15) is 5.11 Å². The first-order valence-electron chi connectivity index (χ1n) is 8.59. The molecule has 3 N–H and O–H groups in total. The van der Waals surface area contributed by atoms with Gasteiger partial charge >= 0.3 is 0 Å². The van der Waals surface area contributed by atoms with E-state index in [2.05, 4.69) is 47.0 Å². The average Bonchev–Trinajstić information content (AvgIpc) is 2.64. The minimum atomic E-state index is 0. The predicted molar refractivity (Wildman–Crippen MR) is 125 cm³/mol. The van der Waals surface area contributed by atoms with E-state index in [4.69, 9.17) is 4.74 Å². The van der Waals surface area contributed by atoms with Gasteiger partial charge in [-0.15, -0.1) is 35.7 Å². The zero-order chi connectivity index (χ0) is 18.9. The SMILES string of the molecule is CCNC(=NCc1ccc(OC)c(O)c1)NCc1ccc(C)cc1SC.I. The zero-order valence-electron chi connectivity index (χ0n) is 16.2. The first kappa shape index (κ1) is 23.4. The monoisotopic (exact) mass is 501 g/mol. The minimum absolute atomic E-state index is 0. The number of aryl methyl sites for hydroxylation is 1. The summed E-state index contributed by atoms with van der Waals surface area (Å²) in [6.45, 7) is 6.09. The van der Waals surface area contributed by atoms with Crippen molar-refractivity contribution in [3.05, 3.63) is 53.1 Å². The Hall–Kier alpha value is -1.61. The summed E-state index contributed by atoms with van der Waals surface area (Å²) in [6, 6.07) is 11.8. The number of phenols is 1. The Kier molecular flexibility index (Phi) is 10.4. The van der Waals surface area contributed by atoms with Crippen LogP contribution in [0.3, 0.4) is 0 Å². The summed E-state index contributed by atoms with van der Waals surface area (Å²) in [7, 11) is 1.54. The highest BCUT2D eigenvalue weighted by atomic mass is 127. The van der Waals surface area contributed by atoms with Crippen molar-refractivity contribution in [1.82, 2.24) is 10.6 Å². The molecule has 0 atom stereocenters. The van der Waals surface area contributed by atoms with E-state index in [0.717, 1.165) is 18.1 Å². The molecule has 0 radical (unpaired) electrons. The Morgan fingerprint density at radius 2 is 1.96 bits per heavy atom. The standard InChI is InChI=1S/C20H27N3O2S.HI/c1-5-21-20(22-12-15-7-9-18(25-3)17(24)11-15)23-13-16-8-6-14(2)10-19(16)26-4;/h6-11,24H,5,12-13H2,1-4H3,(H2,21,22,23);1H. The van der Waals surface area contributed by atoms with Crippen molar-refractivity contribution >= 4 is 41.7 Å². The van der Waals surface area contributed by atoms with Crippen LogP contribution < -0.4 is 15.4 Å². The number of ether oxygens (including phenoxy) is 1. The highest BCUT2D eigenvalue weighted by Gasteiger charge is 2.05. The van der Waals surface area contributed by atoms with E-state index >= 15 is 0 Å². The maximum atomic E-state index is 9.89. The van der Waals surface area contributed by atoms with Crippen molar-refractivity contribution < 1.29 is 9.84 Å². The van der Waals surface area contributed by atoms with Gasteiger partial charge in [-0.3, -0.25) is 0 Å². The molecule has 0 aliphatic rings. The first-order valence-corrected chi connectivity index (χ1v) is 9.81. The molecule has 0 aliphatic carbocycles. The molecule has 7 heteroatoms. The van der Waals surface area contributed by atoms with Crippen LogP contribution in [-0.2, 0) is 13.1 Å². The number of methoxy groups -OCH3 is 1. The van der Waals surface area contributed by atoms with Gasteiger partial charge in [0.2, 0.25) is 0 Å². The molecule has 148 valence electrons. The molecule has 5 nitrogen and oxygen atoms in total. The molecule has 0 amide bonds. The molecule has 27 heavy (non-hydrogen) atoms. The number of aliphatic imine (C=N–C) groups is 1. The van der Waals surface area contributed by atoms with Crippen molar-refractivity contribution in [2.24, 2.45) is 4.99 Å². The molecule has 0 fully saturated rings. The molecule has 2 rings (SSSR count). The van der Waals surface area contributed by atoms with Gasteiger partial charge in [0.15, 0.2) is 17.5 Å². The number of rotatable bonds is 7. The summed E-state index contributed by atoms with van der Waals surface area (Å²) in [5, 5.41) is 16.5. The lowest BCUT2D eigenvalue weighted by atomic mass is 10.1. The van der Waals surface area contributed by atoms with Gasteiger partial charge < -0.3 is 20.5 Å². The van der Waals surface area contributed by atoms with E-state index < -0.39 is 0 Å². The van der Waals surface area contributed by atoms with Crippen molar-refractivity contribution in [2.75, 3.05) is 19.9 Å². The minimum Gasteiger partial charge on any atom is -0.504 e. The topological polar surface area (TPSA) is 65.9 Å². The molecule has 0 aromatic heterocycles. The van der Waals surface area contributed by atoms with E-state index in [-0.39, 0.29) is 29.7 Å². The Bertz CT molecular complexity index is 769. The fraction of sp³-hybridized carbons (Fsp3) is 0.350. The predicted octanol–water partition coefficient (Wildman–Crippen LogP) is 4.30. The highest BCUT2D eigenvalue weighted by molar-refractivity contribution is 14.0. The van der Waals surface area contributed by atoms with Gasteiger partial charge in [0, 0.05) is 18.0 Å². The first-order chi connectivity index (χ1) is 12.6. The van der Waals surface area contributed by atoms with Crippen molar-refractivity contribution in [2.45, 2.75) is 31.8 Å². The third-order valence-electron chi connectivity index (χ3n) is 3.90. The smallest absolute Gasteiger partial charge is 0.191 e. The van der Waals surface area contributed by atoms with Crippen LogP contribution >= 0.6 is 35.7 Å². The summed E-state index contributed by atoms with van der Waals surface area (Å²) >= 11 is 1.75. The van der Waals surface area contributed by atoms with Gasteiger partial charge in [-0.1, -0.05) is 18.2 Å². The van der Waals surface area contributed by atoms with Gasteiger partial charge in [-0.05, 0) is 55.0 Å². The second-order valence-electron chi connectivity index (χ2n) is 5.87. The fourth-order valence-electron chi connectivity index (χ4n) is 2.52. The number of aromatic hydroxyl groups is 1. The Balaban J connectivity index is 0.00000364. The van der Waals surface area contributed by atoms with Crippen LogP contribution in [0, 0.1) is 6.92 Å². The normalized spacial score (nSPS) is 10.9. The number of halogens is 1. The van der Waals surface area contributed by atoms with E-state index in [1.54, 1.807) is 23.9 Å². The third-order valence-corrected chi connectivity index (χ3v) is 4.72. The largest absolute Gasteiger partial charge is 0.504 e. The fourth-order valence-corrected chi connectivity index (χ4v) is 3.23. The van der Waals surface area contributed by atoms with Crippen LogP contribution in [0.2, 0.25) is 0 Å². The maximum absolute atomic E-state index is 9.89. The summed E-state index contributed by atoms with van der Waals surface area (Å²) in [6.07, 6.45) is 2.09. The molecular formula is C20H28IN3O2S. The Labute approximate surface area is 183 Å². The quantitative estimate of drug-likeness (QED) is 0.229. The molecule has 0 bridgehead atoms. The number of phenolic OH excluding ortho intramolecular Hbond substituents is 1. The molecule has 0 saturated heterocycles. The number of nitrogens with zero attached hydrogens (tertiary/aromatic N) is 1. The summed E-state index contributed by atoms with van der Waals surface area (Å²) in [4.78, 5) is 5.88. The molecule has 0 aliphatic heterocycles. The molecular weight excluding hydrogens is 473 g/mol. The number of thioether (sulfide) groups is 1. The van der Waals surface area contributed by atoms with Gasteiger partial charge in [0.25, 0.3) is 0 Å². The van der Waals surface area contributed by atoms with Crippen LogP contribution in [0.1, 0.15) is 23.6 Å². The lowest BCUT2D eigenvalue weighted by Crippen LogP contribution is -2.36. The van der Waals surface area contributed by atoms with Crippen molar-refractivity contribution in [1.29, 1.82) is 0 Å². The van der Waals surface area contributed by atoms with Gasteiger partial charge in [-0.25, -0.2) is 4.99 Å². The molecule has 0 spiro atoms. The lowest BCUT2D eigenvalue weighted by Gasteiger charge is -2.14. The number of hydrogen-bond donors (Lipinski definition) is 3. The zero-order valence-corrected chi connectivity index (χ0v) is 19.4. The molecule has 2 aromatic carbocycles. The highest BCUT2D eigenvalue weighted by Crippen LogP contribution is 2.26. The number of hydrogen-bond acceptors (Lipinski definition) is 4. The van der Waals surface area contributed by atoms with E-state index in [1.165, 1.54) is 23.1 Å². The van der Waals surface area contributed by atoms with Crippen LogP contribution in [0.5, 0.6) is 11.5 Å². The van der Waals surface area contributed by atoms with E-state index in [1.807, 2.05) is 13.0 Å². The van der Waals surface area contributed by atoms with Crippen LogP contribution in [0.25, 0.3) is 0 Å².